The molecule has 0 radical (unpaired) electrons. The van der Waals surface area contributed by atoms with E-state index in [1.54, 1.807) is 24.5 Å². The molecule has 0 aliphatic carbocycles. The number of halogens is 1. The van der Waals surface area contributed by atoms with Crippen LogP contribution in [0.15, 0.2) is 36.7 Å². The van der Waals surface area contributed by atoms with Gasteiger partial charge in [0.25, 0.3) is 0 Å². The van der Waals surface area contributed by atoms with Gasteiger partial charge in [0.2, 0.25) is 0 Å². The molecule has 88 valence electrons. The van der Waals surface area contributed by atoms with Gasteiger partial charge < -0.3 is 10.1 Å². The fourth-order valence-electron chi connectivity index (χ4n) is 1.32. The molecule has 1 aromatic heterocycles. The van der Waals surface area contributed by atoms with Gasteiger partial charge in [-0.2, -0.15) is 0 Å². The van der Waals surface area contributed by atoms with E-state index in [1.165, 1.54) is 0 Å². The van der Waals surface area contributed by atoms with Crippen molar-refractivity contribution < 1.29 is 4.74 Å². The second-order valence-electron chi connectivity index (χ2n) is 3.44. The summed E-state index contributed by atoms with van der Waals surface area (Å²) >= 11 is 5.96. The predicted molar refractivity (Wildman–Crippen MR) is 66.3 cm³/mol. The van der Waals surface area contributed by atoms with Crippen LogP contribution in [0.2, 0.25) is 5.02 Å². The summed E-state index contributed by atoms with van der Waals surface area (Å²) < 4.78 is 5.47. The molecule has 0 unspecified atom stereocenters. The molecule has 0 atom stereocenters. The molecule has 1 heterocycles. The summed E-state index contributed by atoms with van der Waals surface area (Å²) in [5, 5.41) is 3.56. The van der Waals surface area contributed by atoms with E-state index in [1.807, 2.05) is 19.2 Å². The van der Waals surface area contributed by atoms with Gasteiger partial charge >= 0.3 is 6.01 Å². The number of nitrogens with zero attached hydrogens (tertiary/aromatic N) is 2. The van der Waals surface area contributed by atoms with Crippen LogP contribution >= 0.6 is 11.6 Å². The largest absolute Gasteiger partial charge is 0.423 e. The molecule has 17 heavy (non-hydrogen) atoms. The Morgan fingerprint density at radius 1 is 1.24 bits per heavy atom. The highest BCUT2D eigenvalue weighted by atomic mass is 35.5. The number of nitrogens with one attached hydrogen (secondary N) is 1. The highest BCUT2D eigenvalue weighted by molar-refractivity contribution is 6.32. The summed E-state index contributed by atoms with van der Waals surface area (Å²) in [6.07, 6.45) is 3.44. The molecule has 0 saturated carbocycles. The van der Waals surface area contributed by atoms with Crippen molar-refractivity contribution >= 4 is 11.6 Å². The Hall–Kier alpha value is -1.65. The zero-order chi connectivity index (χ0) is 12.1. The van der Waals surface area contributed by atoms with E-state index in [9.17, 15) is 0 Å². The average Bonchev–Trinajstić information content (AvgIpc) is 2.35. The average molecular weight is 250 g/mol. The third kappa shape index (κ3) is 3.15. The molecule has 0 aliphatic heterocycles. The van der Waals surface area contributed by atoms with Crippen LogP contribution in [0.25, 0.3) is 0 Å². The predicted octanol–water partition coefficient (Wildman–Crippen LogP) is 2.64. The van der Waals surface area contributed by atoms with Gasteiger partial charge in [0.05, 0.1) is 5.02 Å². The molecule has 0 amide bonds. The SMILES string of the molecule is CNCc1cnc(Oc2ccccc2Cl)nc1. The minimum Gasteiger partial charge on any atom is -0.423 e. The van der Waals surface area contributed by atoms with Crippen molar-refractivity contribution in [2.75, 3.05) is 7.05 Å². The van der Waals surface area contributed by atoms with Crippen molar-refractivity contribution in [2.45, 2.75) is 6.54 Å². The third-order valence-electron chi connectivity index (χ3n) is 2.10. The molecule has 0 spiro atoms. The molecule has 4 nitrogen and oxygen atoms in total. The standard InChI is InChI=1S/C12H12ClN3O/c1-14-6-9-7-15-12(16-8-9)17-11-5-3-2-4-10(11)13/h2-5,7-8,14H,6H2,1H3. The molecular weight excluding hydrogens is 238 g/mol. The number of para-hydroxylation sites is 1. The summed E-state index contributed by atoms with van der Waals surface area (Å²) in [5.41, 5.74) is 0.999. The van der Waals surface area contributed by atoms with Crippen LogP contribution in [0.3, 0.4) is 0 Å². The normalized spacial score (nSPS) is 10.2. The second kappa shape index (κ2) is 5.61. The smallest absolute Gasteiger partial charge is 0.321 e. The van der Waals surface area contributed by atoms with Crippen LogP contribution in [0.4, 0.5) is 0 Å². The van der Waals surface area contributed by atoms with Gasteiger partial charge in [-0.3, -0.25) is 0 Å². The van der Waals surface area contributed by atoms with Crippen molar-refractivity contribution in [1.82, 2.24) is 15.3 Å². The Labute approximate surface area is 105 Å². The second-order valence-corrected chi connectivity index (χ2v) is 3.84. The molecule has 2 rings (SSSR count). The minimum absolute atomic E-state index is 0.290. The lowest BCUT2D eigenvalue weighted by Gasteiger charge is -2.05. The molecule has 5 heteroatoms. The molecule has 1 N–H and O–H groups in total. The lowest BCUT2D eigenvalue weighted by atomic mass is 10.3. The summed E-state index contributed by atoms with van der Waals surface area (Å²) in [6.45, 7) is 0.729. The van der Waals surface area contributed by atoms with Crippen LogP contribution < -0.4 is 10.1 Å². The van der Waals surface area contributed by atoms with Crippen LogP contribution in [0.1, 0.15) is 5.56 Å². The molecule has 0 bridgehead atoms. The lowest BCUT2D eigenvalue weighted by Crippen LogP contribution is -2.06. The maximum Gasteiger partial charge on any atom is 0.321 e. The monoisotopic (exact) mass is 249 g/mol. The lowest BCUT2D eigenvalue weighted by molar-refractivity contribution is 0.441. The first kappa shape index (κ1) is 11.8. The zero-order valence-corrected chi connectivity index (χ0v) is 10.1. The fourth-order valence-corrected chi connectivity index (χ4v) is 1.49. The highest BCUT2D eigenvalue weighted by Crippen LogP contribution is 2.26. The number of rotatable bonds is 4. The Morgan fingerprint density at radius 2 is 1.94 bits per heavy atom. The summed E-state index contributed by atoms with van der Waals surface area (Å²) in [7, 11) is 1.87. The number of hydrogen-bond acceptors (Lipinski definition) is 4. The first-order valence-electron chi connectivity index (χ1n) is 5.17. The summed E-state index contributed by atoms with van der Waals surface area (Å²) in [5.74, 6) is 0.551. The van der Waals surface area contributed by atoms with Crippen LogP contribution in [-0.2, 0) is 6.54 Å². The van der Waals surface area contributed by atoms with Crippen LogP contribution in [0, 0.1) is 0 Å². The van der Waals surface area contributed by atoms with Crippen molar-refractivity contribution in [2.24, 2.45) is 0 Å². The quantitative estimate of drug-likeness (QED) is 0.905. The zero-order valence-electron chi connectivity index (χ0n) is 9.35. The number of aromatic nitrogens is 2. The summed E-state index contributed by atoms with van der Waals surface area (Å²) in [6, 6.07) is 7.50. The molecule has 1 aromatic carbocycles. The molecule has 2 aromatic rings. The maximum atomic E-state index is 5.96. The van der Waals surface area contributed by atoms with Gasteiger partial charge in [-0.15, -0.1) is 0 Å². The first-order valence-corrected chi connectivity index (χ1v) is 5.55. The van der Waals surface area contributed by atoms with Crippen LogP contribution in [0.5, 0.6) is 11.8 Å². The molecule has 0 saturated heterocycles. The fraction of sp³-hybridized carbons (Fsp3) is 0.167. The summed E-state index contributed by atoms with van der Waals surface area (Å²) in [4.78, 5) is 8.20. The molecule has 0 aliphatic rings. The van der Waals surface area contributed by atoms with Gasteiger partial charge in [-0.05, 0) is 19.2 Å². The van der Waals surface area contributed by atoms with Crippen molar-refractivity contribution in [1.29, 1.82) is 0 Å². The van der Waals surface area contributed by atoms with Crippen LogP contribution in [-0.4, -0.2) is 17.0 Å². The maximum absolute atomic E-state index is 5.96. The minimum atomic E-state index is 0.290. The van der Waals surface area contributed by atoms with E-state index in [0.29, 0.717) is 10.8 Å². The van der Waals surface area contributed by atoms with Crippen molar-refractivity contribution in [3.63, 3.8) is 0 Å². The van der Waals surface area contributed by atoms with Gasteiger partial charge in [-0.1, -0.05) is 23.7 Å². The van der Waals surface area contributed by atoms with Gasteiger partial charge in [-0.25, -0.2) is 9.97 Å². The Bertz CT molecular complexity index is 487. The molecule has 0 fully saturated rings. The Balaban J connectivity index is 2.11. The van der Waals surface area contributed by atoms with Crippen molar-refractivity contribution in [3.8, 4) is 11.8 Å². The number of ether oxygens (including phenoxy) is 1. The van der Waals surface area contributed by atoms with Crippen molar-refractivity contribution in [3.05, 3.63) is 47.2 Å². The molecular formula is C12H12ClN3O. The third-order valence-corrected chi connectivity index (χ3v) is 2.41. The van der Waals surface area contributed by atoms with E-state index in [-0.39, 0.29) is 6.01 Å². The van der Waals surface area contributed by atoms with E-state index < -0.39 is 0 Å². The van der Waals surface area contributed by atoms with E-state index in [0.717, 1.165) is 12.1 Å². The van der Waals surface area contributed by atoms with E-state index >= 15 is 0 Å². The van der Waals surface area contributed by atoms with Gasteiger partial charge in [0, 0.05) is 24.5 Å². The highest BCUT2D eigenvalue weighted by Gasteiger charge is 2.03. The van der Waals surface area contributed by atoms with E-state index in [4.69, 9.17) is 16.3 Å². The first-order chi connectivity index (χ1) is 8.29. The van der Waals surface area contributed by atoms with Gasteiger partial charge in [0.1, 0.15) is 5.75 Å². The number of hydrogen-bond donors (Lipinski definition) is 1. The van der Waals surface area contributed by atoms with Gasteiger partial charge in [0.15, 0.2) is 0 Å². The Morgan fingerprint density at radius 3 is 2.59 bits per heavy atom. The topological polar surface area (TPSA) is 47.0 Å². The Kier molecular flexibility index (Phi) is 3.90. The van der Waals surface area contributed by atoms with E-state index in [2.05, 4.69) is 15.3 Å². The number of benzene rings is 1.